The van der Waals surface area contributed by atoms with E-state index < -0.39 is 18.0 Å². The van der Waals surface area contributed by atoms with Crippen LogP contribution >= 0.6 is 11.6 Å². The second-order valence-corrected chi connectivity index (χ2v) is 5.04. The third-order valence-corrected chi connectivity index (χ3v) is 3.29. The molecule has 2 N–H and O–H groups in total. The molecule has 1 atom stereocenters. The Morgan fingerprint density at radius 2 is 2.00 bits per heavy atom. The molecule has 0 bridgehead atoms. The highest BCUT2D eigenvalue weighted by molar-refractivity contribution is 6.30. The summed E-state index contributed by atoms with van der Waals surface area (Å²) in [5.41, 5.74) is 1.18. The molecular formula is C16H15ClFNO3. The van der Waals surface area contributed by atoms with Gasteiger partial charge in [-0.25, -0.2) is 9.18 Å². The molecule has 0 heterocycles. The minimum absolute atomic E-state index is 0.0221. The molecule has 0 aliphatic carbocycles. The van der Waals surface area contributed by atoms with Crippen molar-refractivity contribution in [3.63, 3.8) is 0 Å². The van der Waals surface area contributed by atoms with Gasteiger partial charge in [-0.2, -0.15) is 0 Å². The molecule has 0 fully saturated rings. The highest BCUT2D eigenvalue weighted by Crippen LogP contribution is 2.19. The van der Waals surface area contributed by atoms with Crippen LogP contribution in [0.2, 0.25) is 5.02 Å². The number of halogens is 2. The number of alkyl carbamates (subject to hydrolysis) is 1. The van der Waals surface area contributed by atoms with Gasteiger partial charge in [0.1, 0.15) is 12.4 Å². The lowest BCUT2D eigenvalue weighted by Crippen LogP contribution is -2.28. The summed E-state index contributed by atoms with van der Waals surface area (Å²) in [4.78, 5) is 11.5. The van der Waals surface area contributed by atoms with E-state index in [1.54, 1.807) is 0 Å². The first-order valence-corrected chi connectivity index (χ1v) is 7.01. The predicted octanol–water partition coefficient (Wildman–Crippen LogP) is 3.44. The zero-order valence-electron chi connectivity index (χ0n) is 11.6. The van der Waals surface area contributed by atoms with Gasteiger partial charge in [0.2, 0.25) is 0 Å². The molecule has 0 saturated heterocycles. The monoisotopic (exact) mass is 323 g/mol. The summed E-state index contributed by atoms with van der Waals surface area (Å²) in [6.45, 7) is 0.0486. The van der Waals surface area contributed by atoms with E-state index in [1.807, 2.05) is 30.3 Å². The van der Waals surface area contributed by atoms with Crippen molar-refractivity contribution >= 4 is 17.7 Å². The second kappa shape index (κ2) is 7.77. The molecule has 2 rings (SSSR count). The Labute approximate surface area is 132 Å². The summed E-state index contributed by atoms with van der Waals surface area (Å²) in [7, 11) is 0. The van der Waals surface area contributed by atoms with E-state index in [0.717, 1.165) is 11.6 Å². The molecule has 0 aromatic heterocycles. The molecule has 116 valence electrons. The molecule has 0 aliphatic heterocycles. The number of hydrogen-bond acceptors (Lipinski definition) is 3. The number of aliphatic hydroxyl groups excluding tert-OH is 1. The summed E-state index contributed by atoms with van der Waals surface area (Å²) in [6, 6.07) is 13.2. The van der Waals surface area contributed by atoms with Crippen LogP contribution in [0.15, 0.2) is 48.5 Å². The first-order valence-electron chi connectivity index (χ1n) is 6.64. The Hall–Kier alpha value is -2.11. The summed E-state index contributed by atoms with van der Waals surface area (Å²) in [5, 5.41) is 12.3. The van der Waals surface area contributed by atoms with Crippen LogP contribution in [0.4, 0.5) is 9.18 Å². The molecule has 0 spiro atoms. The largest absolute Gasteiger partial charge is 0.445 e. The number of carbonyl (C=O) groups is 1. The number of carbonyl (C=O) groups excluding carboxylic acids is 1. The van der Waals surface area contributed by atoms with Gasteiger partial charge >= 0.3 is 6.09 Å². The number of ether oxygens (including phenoxy) is 1. The van der Waals surface area contributed by atoms with Gasteiger partial charge < -0.3 is 15.2 Å². The van der Waals surface area contributed by atoms with Crippen molar-refractivity contribution in [2.24, 2.45) is 0 Å². The minimum atomic E-state index is -1.05. The summed E-state index contributed by atoms with van der Waals surface area (Å²) in [5.74, 6) is -0.620. The van der Waals surface area contributed by atoms with E-state index in [-0.39, 0.29) is 18.2 Å². The van der Waals surface area contributed by atoms with Crippen LogP contribution in [-0.4, -0.2) is 17.7 Å². The number of aliphatic hydroxyl groups is 1. The van der Waals surface area contributed by atoms with Crippen molar-refractivity contribution in [1.29, 1.82) is 0 Å². The quantitative estimate of drug-likeness (QED) is 0.886. The summed E-state index contributed by atoms with van der Waals surface area (Å²) in [6.07, 6.45) is -1.70. The van der Waals surface area contributed by atoms with Crippen LogP contribution in [0.3, 0.4) is 0 Å². The maximum absolute atomic E-state index is 13.3. The maximum Gasteiger partial charge on any atom is 0.407 e. The standard InChI is InChI=1S/C16H15ClFNO3/c17-13-7-6-12(8-14(13)18)15(20)9-19-16(21)22-10-11-4-2-1-3-5-11/h1-8,15,20H,9-10H2,(H,19,21). The first kappa shape index (κ1) is 16.3. The molecule has 1 unspecified atom stereocenters. The Morgan fingerprint density at radius 1 is 1.27 bits per heavy atom. The Kier molecular flexibility index (Phi) is 5.75. The SMILES string of the molecule is O=C(NCC(O)c1ccc(Cl)c(F)c1)OCc1ccccc1. The maximum atomic E-state index is 13.3. The van der Waals surface area contributed by atoms with E-state index in [4.69, 9.17) is 16.3 Å². The highest BCUT2D eigenvalue weighted by atomic mass is 35.5. The van der Waals surface area contributed by atoms with E-state index in [9.17, 15) is 14.3 Å². The molecule has 22 heavy (non-hydrogen) atoms. The summed E-state index contributed by atoms with van der Waals surface area (Å²) >= 11 is 5.57. The number of benzene rings is 2. The van der Waals surface area contributed by atoms with Crippen molar-refractivity contribution in [3.8, 4) is 0 Å². The lowest BCUT2D eigenvalue weighted by atomic mass is 10.1. The average molecular weight is 324 g/mol. The van der Waals surface area contributed by atoms with Gasteiger partial charge in [0.25, 0.3) is 0 Å². The smallest absolute Gasteiger partial charge is 0.407 e. The van der Waals surface area contributed by atoms with E-state index in [2.05, 4.69) is 5.32 Å². The number of amides is 1. The van der Waals surface area contributed by atoms with Crippen molar-refractivity contribution < 1.29 is 19.0 Å². The van der Waals surface area contributed by atoms with Crippen molar-refractivity contribution in [2.75, 3.05) is 6.54 Å². The molecular weight excluding hydrogens is 309 g/mol. The van der Waals surface area contributed by atoms with Crippen LogP contribution in [0, 0.1) is 5.82 Å². The van der Waals surface area contributed by atoms with Gasteiger partial charge in [0, 0.05) is 0 Å². The van der Waals surface area contributed by atoms with Crippen LogP contribution in [0.5, 0.6) is 0 Å². The molecule has 4 nitrogen and oxygen atoms in total. The van der Waals surface area contributed by atoms with Gasteiger partial charge in [0.05, 0.1) is 17.7 Å². The van der Waals surface area contributed by atoms with Gasteiger partial charge in [-0.15, -0.1) is 0 Å². The Bertz CT molecular complexity index is 637. The van der Waals surface area contributed by atoms with Gasteiger partial charge in [0.15, 0.2) is 0 Å². The zero-order chi connectivity index (χ0) is 15.9. The minimum Gasteiger partial charge on any atom is -0.445 e. The van der Waals surface area contributed by atoms with Crippen LogP contribution < -0.4 is 5.32 Å². The molecule has 0 radical (unpaired) electrons. The fourth-order valence-corrected chi connectivity index (χ4v) is 1.91. The van der Waals surface area contributed by atoms with Crippen molar-refractivity contribution in [3.05, 3.63) is 70.5 Å². The normalized spacial score (nSPS) is 11.8. The molecule has 2 aromatic carbocycles. The lowest BCUT2D eigenvalue weighted by Gasteiger charge is -2.13. The number of hydrogen-bond donors (Lipinski definition) is 2. The fourth-order valence-electron chi connectivity index (χ4n) is 1.79. The second-order valence-electron chi connectivity index (χ2n) is 4.63. The molecule has 0 saturated carbocycles. The number of nitrogens with one attached hydrogen (secondary N) is 1. The van der Waals surface area contributed by atoms with Crippen molar-refractivity contribution in [2.45, 2.75) is 12.7 Å². The van der Waals surface area contributed by atoms with E-state index in [0.29, 0.717) is 5.56 Å². The topological polar surface area (TPSA) is 58.6 Å². The summed E-state index contributed by atoms with van der Waals surface area (Å²) < 4.78 is 18.3. The molecule has 2 aromatic rings. The Morgan fingerprint density at radius 3 is 2.68 bits per heavy atom. The lowest BCUT2D eigenvalue weighted by molar-refractivity contribution is 0.126. The van der Waals surface area contributed by atoms with Crippen LogP contribution in [0.1, 0.15) is 17.2 Å². The highest BCUT2D eigenvalue weighted by Gasteiger charge is 2.12. The van der Waals surface area contributed by atoms with Crippen LogP contribution in [0.25, 0.3) is 0 Å². The van der Waals surface area contributed by atoms with Gasteiger partial charge in [-0.1, -0.05) is 48.0 Å². The van der Waals surface area contributed by atoms with E-state index >= 15 is 0 Å². The molecule has 6 heteroatoms. The molecule has 1 amide bonds. The van der Waals surface area contributed by atoms with Crippen LogP contribution in [-0.2, 0) is 11.3 Å². The third-order valence-electron chi connectivity index (χ3n) is 2.98. The number of rotatable bonds is 5. The molecule has 0 aliphatic rings. The fraction of sp³-hybridized carbons (Fsp3) is 0.188. The van der Waals surface area contributed by atoms with Gasteiger partial charge in [-0.05, 0) is 23.3 Å². The average Bonchev–Trinajstić information content (AvgIpc) is 2.54. The Balaban J connectivity index is 1.79. The van der Waals surface area contributed by atoms with E-state index in [1.165, 1.54) is 12.1 Å². The van der Waals surface area contributed by atoms with Gasteiger partial charge in [-0.3, -0.25) is 0 Å². The zero-order valence-corrected chi connectivity index (χ0v) is 12.4. The van der Waals surface area contributed by atoms with Crippen molar-refractivity contribution in [1.82, 2.24) is 5.32 Å². The first-order chi connectivity index (χ1) is 10.6. The predicted molar refractivity (Wildman–Crippen MR) is 81.0 cm³/mol. The third kappa shape index (κ3) is 4.72.